The minimum Gasteiger partial charge on any atom is -0.481 e. The van der Waals surface area contributed by atoms with Crippen LogP contribution in [0.4, 0.5) is 0 Å². The number of likely N-dealkylation sites (tertiary alicyclic amines) is 1. The number of carbonyl (C=O) groups excluding carboxylic acids is 1. The van der Waals surface area contributed by atoms with Crippen LogP contribution in [0.25, 0.3) is 0 Å². The summed E-state index contributed by atoms with van der Waals surface area (Å²) in [7, 11) is 0. The van der Waals surface area contributed by atoms with Crippen molar-refractivity contribution in [3.05, 3.63) is 0 Å². The Morgan fingerprint density at radius 1 is 1.32 bits per heavy atom. The minimum atomic E-state index is -0.762. The Hall–Kier alpha value is -1.06. The largest absolute Gasteiger partial charge is 0.481 e. The average Bonchev–Trinajstić information content (AvgIpc) is 2.32. The highest BCUT2D eigenvalue weighted by atomic mass is 16.4. The summed E-state index contributed by atoms with van der Waals surface area (Å²) in [6.07, 6.45) is 5.79. The number of hydrogen-bond donors (Lipinski definition) is 1. The van der Waals surface area contributed by atoms with Crippen LogP contribution in [0.2, 0.25) is 0 Å². The molecule has 1 aliphatic carbocycles. The van der Waals surface area contributed by atoms with Crippen molar-refractivity contribution in [3.63, 3.8) is 0 Å². The lowest BCUT2D eigenvalue weighted by Crippen LogP contribution is -2.53. The van der Waals surface area contributed by atoms with Crippen molar-refractivity contribution in [3.8, 4) is 0 Å². The van der Waals surface area contributed by atoms with E-state index < -0.39 is 5.97 Å². The maximum absolute atomic E-state index is 12.7. The topological polar surface area (TPSA) is 57.6 Å². The number of carbonyl (C=O) groups is 2. The second-order valence-electron chi connectivity index (χ2n) is 6.47. The lowest BCUT2D eigenvalue weighted by molar-refractivity contribution is -0.155. The van der Waals surface area contributed by atoms with Crippen molar-refractivity contribution in [1.82, 2.24) is 4.90 Å². The highest BCUT2D eigenvalue weighted by molar-refractivity contribution is 5.84. The molecule has 2 atom stereocenters. The van der Waals surface area contributed by atoms with Crippen molar-refractivity contribution < 1.29 is 14.7 Å². The summed E-state index contributed by atoms with van der Waals surface area (Å²) in [5.41, 5.74) is -0.158. The molecule has 4 heteroatoms. The number of carboxylic acid groups (broad SMARTS) is 1. The molecule has 0 aromatic rings. The Bertz CT molecular complexity index is 362. The molecule has 2 fully saturated rings. The van der Waals surface area contributed by atoms with Gasteiger partial charge in [-0.3, -0.25) is 9.59 Å². The van der Waals surface area contributed by atoms with Crippen molar-refractivity contribution in [2.24, 2.45) is 17.3 Å². The maximum atomic E-state index is 12.7. The summed E-state index contributed by atoms with van der Waals surface area (Å²) in [6.45, 7) is 5.30. The van der Waals surface area contributed by atoms with E-state index in [0.717, 1.165) is 38.6 Å². The van der Waals surface area contributed by atoms with Gasteiger partial charge in [0.2, 0.25) is 5.91 Å². The first-order chi connectivity index (χ1) is 8.98. The molecule has 0 aromatic carbocycles. The molecule has 1 heterocycles. The van der Waals surface area contributed by atoms with E-state index in [1.807, 2.05) is 11.8 Å². The minimum absolute atomic E-state index is 0.158. The van der Waals surface area contributed by atoms with Gasteiger partial charge in [-0.2, -0.15) is 0 Å². The molecule has 0 aromatic heterocycles. The zero-order chi connectivity index (χ0) is 14.0. The van der Waals surface area contributed by atoms with E-state index in [9.17, 15) is 14.7 Å². The molecule has 108 valence electrons. The van der Waals surface area contributed by atoms with Crippen molar-refractivity contribution >= 4 is 11.9 Å². The second-order valence-corrected chi connectivity index (χ2v) is 6.47. The molecule has 1 amide bonds. The number of hydrogen-bond acceptors (Lipinski definition) is 2. The van der Waals surface area contributed by atoms with E-state index in [1.165, 1.54) is 0 Å². The lowest BCUT2D eigenvalue weighted by Gasteiger charge is -2.46. The summed E-state index contributed by atoms with van der Waals surface area (Å²) in [4.78, 5) is 25.8. The number of nitrogens with zero attached hydrogens (tertiary/aromatic N) is 1. The Morgan fingerprint density at radius 3 is 2.47 bits per heavy atom. The number of amides is 1. The van der Waals surface area contributed by atoms with Crippen LogP contribution in [-0.4, -0.2) is 35.0 Å². The number of aliphatic carboxylic acids is 1. The van der Waals surface area contributed by atoms with Gasteiger partial charge in [-0.1, -0.05) is 26.7 Å². The monoisotopic (exact) mass is 267 g/mol. The van der Waals surface area contributed by atoms with Gasteiger partial charge in [0.1, 0.15) is 0 Å². The Morgan fingerprint density at radius 2 is 2.00 bits per heavy atom. The number of rotatable bonds is 4. The van der Waals surface area contributed by atoms with E-state index in [2.05, 4.69) is 6.92 Å². The summed E-state index contributed by atoms with van der Waals surface area (Å²) in [5, 5.41) is 9.19. The normalized spacial score (nSPS) is 29.7. The Labute approximate surface area is 115 Å². The first kappa shape index (κ1) is 14.4. The van der Waals surface area contributed by atoms with Gasteiger partial charge in [-0.05, 0) is 31.6 Å². The average molecular weight is 267 g/mol. The van der Waals surface area contributed by atoms with Gasteiger partial charge in [-0.25, -0.2) is 0 Å². The second kappa shape index (κ2) is 5.51. The predicted molar refractivity (Wildman–Crippen MR) is 72.7 cm³/mol. The van der Waals surface area contributed by atoms with Crippen molar-refractivity contribution in [1.29, 1.82) is 0 Å². The van der Waals surface area contributed by atoms with E-state index in [0.29, 0.717) is 13.0 Å². The van der Waals surface area contributed by atoms with E-state index in [4.69, 9.17) is 0 Å². The van der Waals surface area contributed by atoms with Gasteiger partial charge in [0.15, 0.2) is 0 Å². The van der Waals surface area contributed by atoms with Crippen LogP contribution >= 0.6 is 0 Å². The van der Waals surface area contributed by atoms with Crippen LogP contribution in [0, 0.1) is 17.3 Å². The fraction of sp³-hybridized carbons (Fsp3) is 0.867. The molecule has 4 nitrogen and oxygen atoms in total. The van der Waals surface area contributed by atoms with Crippen LogP contribution in [0.1, 0.15) is 52.4 Å². The summed E-state index contributed by atoms with van der Waals surface area (Å²) in [6, 6.07) is 0. The fourth-order valence-corrected chi connectivity index (χ4v) is 3.68. The quantitative estimate of drug-likeness (QED) is 0.851. The summed E-state index contributed by atoms with van der Waals surface area (Å²) >= 11 is 0. The zero-order valence-corrected chi connectivity index (χ0v) is 12.0. The maximum Gasteiger partial charge on any atom is 0.308 e. The molecule has 2 aliphatic rings. The molecule has 0 radical (unpaired) electrons. The van der Waals surface area contributed by atoms with E-state index in [-0.39, 0.29) is 23.2 Å². The summed E-state index contributed by atoms with van der Waals surface area (Å²) < 4.78 is 0. The van der Waals surface area contributed by atoms with E-state index >= 15 is 0 Å². The van der Waals surface area contributed by atoms with Crippen LogP contribution in [0.3, 0.4) is 0 Å². The number of piperidine rings is 1. The molecular weight excluding hydrogens is 242 g/mol. The number of carboxylic acids is 1. The van der Waals surface area contributed by atoms with Gasteiger partial charge in [0.05, 0.1) is 5.92 Å². The Balaban J connectivity index is 2.07. The molecule has 1 saturated heterocycles. The van der Waals surface area contributed by atoms with Crippen LogP contribution < -0.4 is 0 Å². The standard InChI is InChI=1S/C15H25NO3/c1-3-5-15(6-4-7-15)14(19)16-9-11(2)8-12(10-16)13(17)18/h11-12H,3-10H2,1-2H3,(H,17,18). The summed E-state index contributed by atoms with van der Waals surface area (Å²) in [5.74, 6) is -0.634. The predicted octanol–water partition coefficient (Wildman–Crippen LogP) is 2.53. The molecule has 1 aliphatic heterocycles. The molecule has 19 heavy (non-hydrogen) atoms. The van der Waals surface area contributed by atoms with Gasteiger partial charge in [-0.15, -0.1) is 0 Å². The van der Waals surface area contributed by atoms with Crippen LogP contribution in [-0.2, 0) is 9.59 Å². The third kappa shape index (κ3) is 2.77. The third-order valence-electron chi connectivity index (χ3n) is 4.79. The SMILES string of the molecule is CCCC1(C(=O)N2CC(C)CC(C(=O)O)C2)CCC1. The van der Waals surface area contributed by atoms with Crippen molar-refractivity contribution in [2.75, 3.05) is 13.1 Å². The van der Waals surface area contributed by atoms with Gasteiger partial charge < -0.3 is 10.0 Å². The van der Waals surface area contributed by atoms with Gasteiger partial charge >= 0.3 is 5.97 Å². The van der Waals surface area contributed by atoms with Crippen LogP contribution in [0.5, 0.6) is 0 Å². The molecule has 0 spiro atoms. The first-order valence-electron chi connectivity index (χ1n) is 7.50. The molecule has 1 saturated carbocycles. The molecule has 2 rings (SSSR count). The van der Waals surface area contributed by atoms with Crippen molar-refractivity contribution in [2.45, 2.75) is 52.4 Å². The highest BCUT2D eigenvalue weighted by Gasteiger charge is 2.46. The Kier molecular flexibility index (Phi) is 4.16. The van der Waals surface area contributed by atoms with Gasteiger partial charge in [0, 0.05) is 18.5 Å². The molecular formula is C15H25NO3. The van der Waals surface area contributed by atoms with Crippen LogP contribution in [0.15, 0.2) is 0 Å². The van der Waals surface area contributed by atoms with E-state index in [1.54, 1.807) is 0 Å². The molecule has 1 N–H and O–H groups in total. The molecule has 2 unspecified atom stereocenters. The molecule has 0 bridgehead atoms. The fourth-order valence-electron chi connectivity index (χ4n) is 3.68. The third-order valence-corrected chi connectivity index (χ3v) is 4.79. The zero-order valence-electron chi connectivity index (χ0n) is 12.0. The smallest absolute Gasteiger partial charge is 0.308 e. The first-order valence-corrected chi connectivity index (χ1v) is 7.50. The highest BCUT2D eigenvalue weighted by Crippen LogP contribution is 2.46. The lowest BCUT2D eigenvalue weighted by atomic mass is 9.65. The van der Waals surface area contributed by atoms with Gasteiger partial charge in [0.25, 0.3) is 0 Å².